The molecule has 104 valence electrons. The Bertz CT molecular complexity index is 585. The zero-order valence-electron chi connectivity index (χ0n) is 11.3. The lowest BCUT2D eigenvalue weighted by Gasteiger charge is -2.12. The van der Waals surface area contributed by atoms with Crippen LogP contribution < -0.4 is 10.1 Å². The van der Waals surface area contributed by atoms with Crippen molar-refractivity contribution in [2.45, 2.75) is 13.0 Å². The minimum Gasteiger partial charge on any atom is -0.504 e. The monoisotopic (exact) mass is 271 g/mol. The number of nitrogens with one attached hydrogen (secondary N) is 1. The highest BCUT2D eigenvalue weighted by Gasteiger charge is 2.09. The molecule has 0 aliphatic carbocycles. The van der Waals surface area contributed by atoms with Crippen LogP contribution in [0.15, 0.2) is 43.2 Å². The summed E-state index contributed by atoms with van der Waals surface area (Å²) in [4.78, 5) is 8.19. The Morgan fingerprint density at radius 3 is 2.75 bits per heavy atom. The Morgan fingerprint density at radius 2 is 2.10 bits per heavy atom. The van der Waals surface area contributed by atoms with E-state index in [1.54, 1.807) is 30.6 Å². The van der Waals surface area contributed by atoms with Gasteiger partial charge in [0, 0.05) is 24.5 Å². The van der Waals surface area contributed by atoms with E-state index in [0.717, 1.165) is 11.1 Å². The summed E-state index contributed by atoms with van der Waals surface area (Å²) in [5, 5.41) is 13.1. The van der Waals surface area contributed by atoms with Crippen molar-refractivity contribution in [2.24, 2.45) is 0 Å². The van der Waals surface area contributed by atoms with Crippen LogP contribution >= 0.6 is 0 Å². The second kappa shape index (κ2) is 6.56. The van der Waals surface area contributed by atoms with Crippen LogP contribution in [0.3, 0.4) is 0 Å². The maximum Gasteiger partial charge on any atom is 0.222 e. The fourth-order valence-electron chi connectivity index (χ4n) is 1.87. The van der Waals surface area contributed by atoms with E-state index in [1.165, 1.54) is 7.11 Å². The molecular weight excluding hydrogens is 254 g/mol. The maximum absolute atomic E-state index is 10.0. The van der Waals surface area contributed by atoms with Gasteiger partial charge in [-0.2, -0.15) is 0 Å². The van der Waals surface area contributed by atoms with Gasteiger partial charge in [0.2, 0.25) is 5.95 Å². The molecule has 0 spiro atoms. The summed E-state index contributed by atoms with van der Waals surface area (Å²) in [6, 6.07) is 5.46. The Morgan fingerprint density at radius 1 is 1.35 bits per heavy atom. The number of hydrogen-bond donors (Lipinski definition) is 2. The van der Waals surface area contributed by atoms with E-state index in [1.807, 2.05) is 6.07 Å². The Kier molecular flexibility index (Phi) is 4.55. The number of phenolic OH excluding ortho intramolecular Hbond substituents is 1. The molecule has 1 heterocycles. The fourth-order valence-corrected chi connectivity index (χ4v) is 1.87. The van der Waals surface area contributed by atoms with Gasteiger partial charge in [0.1, 0.15) is 0 Å². The number of phenols is 1. The molecule has 5 nitrogen and oxygen atoms in total. The summed E-state index contributed by atoms with van der Waals surface area (Å²) < 4.78 is 5.18. The third-order valence-electron chi connectivity index (χ3n) is 2.81. The molecule has 2 N–H and O–H groups in total. The van der Waals surface area contributed by atoms with Crippen molar-refractivity contribution < 1.29 is 9.84 Å². The van der Waals surface area contributed by atoms with E-state index in [9.17, 15) is 5.11 Å². The van der Waals surface area contributed by atoms with Crippen molar-refractivity contribution in [1.82, 2.24) is 9.97 Å². The van der Waals surface area contributed by atoms with Crippen LogP contribution in [0.2, 0.25) is 0 Å². The van der Waals surface area contributed by atoms with Crippen molar-refractivity contribution in [3.63, 3.8) is 0 Å². The van der Waals surface area contributed by atoms with Crippen molar-refractivity contribution in [2.75, 3.05) is 12.4 Å². The van der Waals surface area contributed by atoms with E-state index in [4.69, 9.17) is 4.74 Å². The van der Waals surface area contributed by atoms with Crippen LogP contribution in [-0.4, -0.2) is 22.2 Å². The molecule has 0 fully saturated rings. The number of benzene rings is 1. The number of ether oxygens (including phenoxy) is 1. The van der Waals surface area contributed by atoms with Gasteiger partial charge in [0.25, 0.3) is 0 Å². The Hall–Kier alpha value is -2.56. The van der Waals surface area contributed by atoms with Crippen LogP contribution in [-0.2, 0) is 13.0 Å². The smallest absolute Gasteiger partial charge is 0.222 e. The second-order valence-electron chi connectivity index (χ2n) is 4.22. The maximum atomic E-state index is 10.0. The first-order valence-corrected chi connectivity index (χ1v) is 6.25. The van der Waals surface area contributed by atoms with Crippen molar-refractivity contribution >= 4 is 5.95 Å². The average molecular weight is 271 g/mol. The van der Waals surface area contributed by atoms with E-state index < -0.39 is 0 Å². The third kappa shape index (κ3) is 3.26. The molecule has 0 aliphatic heterocycles. The molecule has 0 amide bonds. The highest BCUT2D eigenvalue weighted by Crippen LogP contribution is 2.32. The first kappa shape index (κ1) is 13.9. The Balaban J connectivity index is 2.18. The van der Waals surface area contributed by atoms with E-state index in [0.29, 0.717) is 24.7 Å². The number of nitrogens with zero attached hydrogens (tertiary/aromatic N) is 2. The number of rotatable bonds is 6. The van der Waals surface area contributed by atoms with Gasteiger partial charge in [-0.25, -0.2) is 9.97 Å². The molecule has 0 unspecified atom stereocenters. The molecule has 20 heavy (non-hydrogen) atoms. The van der Waals surface area contributed by atoms with Crippen molar-refractivity contribution in [3.05, 3.63) is 54.4 Å². The molecule has 0 aliphatic rings. The fraction of sp³-hybridized carbons (Fsp3) is 0.200. The van der Waals surface area contributed by atoms with Crippen LogP contribution in [0, 0.1) is 0 Å². The largest absolute Gasteiger partial charge is 0.504 e. The molecular formula is C15H17N3O2. The molecule has 1 aromatic carbocycles. The number of allylic oxidation sites excluding steroid dienone is 1. The normalized spacial score (nSPS) is 10.1. The first-order valence-electron chi connectivity index (χ1n) is 6.25. The summed E-state index contributed by atoms with van der Waals surface area (Å²) in [5.74, 6) is 1.17. The molecule has 1 aromatic heterocycles. The van der Waals surface area contributed by atoms with Gasteiger partial charge < -0.3 is 15.2 Å². The van der Waals surface area contributed by atoms with Crippen molar-refractivity contribution in [3.8, 4) is 11.5 Å². The number of anilines is 1. The van der Waals surface area contributed by atoms with Gasteiger partial charge >= 0.3 is 0 Å². The lowest BCUT2D eigenvalue weighted by Crippen LogP contribution is -2.04. The van der Waals surface area contributed by atoms with Crippen LogP contribution in [0.4, 0.5) is 5.95 Å². The Labute approximate surface area is 118 Å². The predicted octanol–water partition coefficient (Wildman–Crippen LogP) is 2.53. The molecule has 5 heteroatoms. The van der Waals surface area contributed by atoms with E-state index in [-0.39, 0.29) is 5.75 Å². The predicted molar refractivity (Wildman–Crippen MR) is 77.9 cm³/mol. The van der Waals surface area contributed by atoms with Crippen LogP contribution in [0.1, 0.15) is 11.1 Å². The molecule has 0 atom stereocenters. The summed E-state index contributed by atoms with van der Waals surface area (Å²) in [6.07, 6.45) is 5.68. The zero-order valence-corrected chi connectivity index (χ0v) is 11.3. The van der Waals surface area contributed by atoms with E-state index >= 15 is 0 Å². The lowest BCUT2D eigenvalue weighted by atomic mass is 10.1. The number of aromatic hydroxyl groups is 1. The van der Waals surface area contributed by atoms with Gasteiger partial charge in [-0.05, 0) is 30.2 Å². The molecule has 0 bridgehead atoms. The number of methoxy groups -OCH3 is 1. The molecule has 0 radical (unpaired) electrons. The topological polar surface area (TPSA) is 67.3 Å². The highest BCUT2D eigenvalue weighted by atomic mass is 16.5. The summed E-state index contributed by atoms with van der Waals surface area (Å²) in [6.45, 7) is 4.23. The minimum absolute atomic E-state index is 0.159. The van der Waals surface area contributed by atoms with Crippen molar-refractivity contribution in [1.29, 1.82) is 0 Å². The minimum atomic E-state index is 0.159. The van der Waals surface area contributed by atoms with E-state index in [2.05, 4.69) is 21.9 Å². The van der Waals surface area contributed by atoms with Gasteiger partial charge in [-0.3, -0.25) is 0 Å². The van der Waals surface area contributed by atoms with Gasteiger partial charge in [-0.1, -0.05) is 6.08 Å². The highest BCUT2D eigenvalue weighted by molar-refractivity contribution is 5.49. The lowest BCUT2D eigenvalue weighted by molar-refractivity contribution is 0.370. The molecule has 0 saturated carbocycles. The quantitative estimate of drug-likeness (QED) is 0.790. The van der Waals surface area contributed by atoms with Crippen LogP contribution in [0.5, 0.6) is 11.5 Å². The second-order valence-corrected chi connectivity index (χ2v) is 4.22. The van der Waals surface area contributed by atoms with Gasteiger partial charge in [0.05, 0.1) is 7.11 Å². The van der Waals surface area contributed by atoms with Crippen LogP contribution in [0.25, 0.3) is 0 Å². The molecule has 2 rings (SSSR count). The molecule has 0 saturated heterocycles. The average Bonchev–Trinajstić information content (AvgIpc) is 2.49. The summed E-state index contributed by atoms with van der Waals surface area (Å²) in [7, 11) is 1.53. The standard InChI is InChI=1S/C15H17N3O2/c1-3-5-12-8-11(9-13(20-2)14(12)19)10-18-15-16-6-4-7-17-15/h3-4,6-9,19H,1,5,10H2,2H3,(H,16,17,18). The number of aromatic nitrogens is 2. The first-order chi connectivity index (χ1) is 9.74. The SMILES string of the molecule is C=CCc1cc(CNc2ncccn2)cc(OC)c1O. The summed E-state index contributed by atoms with van der Waals surface area (Å²) in [5.41, 5.74) is 1.76. The zero-order chi connectivity index (χ0) is 14.4. The number of hydrogen-bond acceptors (Lipinski definition) is 5. The van der Waals surface area contributed by atoms with Gasteiger partial charge in [-0.15, -0.1) is 6.58 Å². The third-order valence-corrected chi connectivity index (χ3v) is 2.81. The van der Waals surface area contributed by atoms with Gasteiger partial charge in [0.15, 0.2) is 11.5 Å². The summed E-state index contributed by atoms with van der Waals surface area (Å²) >= 11 is 0. The molecule has 2 aromatic rings.